The average molecular weight is 1070 g/mol. The molecule has 0 aliphatic heterocycles. The molecular weight excluding hydrogens is 1020 g/mol. The first-order valence-corrected chi connectivity index (χ1v) is 25.3. The van der Waals surface area contributed by atoms with Crippen LogP contribution in [-0.4, -0.2) is 6.41 Å². The van der Waals surface area contributed by atoms with Crippen molar-refractivity contribution in [3.05, 3.63) is 297 Å². The van der Waals surface area contributed by atoms with Crippen LogP contribution < -0.4 is 24.8 Å². The number of hydrogen-bond acceptors (Lipinski definition) is 0. The molecule has 0 fully saturated rings. The van der Waals surface area contributed by atoms with E-state index in [9.17, 15) is 0 Å². The predicted octanol–water partition coefficient (Wildman–Crippen LogP) is 9.03. The van der Waals surface area contributed by atoms with E-state index in [0.717, 1.165) is 25.7 Å². The molecule has 0 bridgehead atoms. The second-order valence-corrected chi connectivity index (χ2v) is 19.4. The van der Waals surface area contributed by atoms with Crippen molar-refractivity contribution < 1.29 is 73.3 Å². The molecule has 0 N–H and O–H groups in total. The van der Waals surface area contributed by atoms with E-state index in [1.807, 2.05) is 0 Å². The quantitative estimate of drug-likeness (QED) is 0.146. The SMILES string of the molecule is Cc1cc(C2=CC=CC2)[c-]c2c1-c1ccccc1C2.Cc1cc(C2=CC=CC2)[c-]c2c1-c1ccccc1C2.[Cl-].[Cl-].[Zr]=[C](c1ccccc1)c1ccccc1.[Zr]=[C](c1ccccc1)c1ccccc1. The van der Waals surface area contributed by atoms with Gasteiger partial charge in [-0.25, -0.2) is 0 Å². The predicted molar refractivity (Wildman–Crippen MR) is 272 cm³/mol. The molecule has 0 spiro atoms. The van der Waals surface area contributed by atoms with Crippen LogP contribution in [0.3, 0.4) is 0 Å². The third-order valence-corrected chi connectivity index (χ3v) is 15.3. The van der Waals surface area contributed by atoms with Crippen molar-refractivity contribution in [1.82, 2.24) is 0 Å². The van der Waals surface area contributed by atoms with Crippen molar-refractivity contribution in [2.75, 3.05) is 0 Å². The van der Waals surface area contributed by atoms with Crippen LogP contribution in [0.4, 0.5) is 0 Å². The van der Waals surface area contributed by atoms with E-state index < -0.39 is 0 Å². The number of hydrogen-bond donors (Lipinski definition) is 0. The zero-order valence-electron chi connectivity index (χ0n) is 38.4. The van der Waals surface area contributed by atoms with Crippen molar-refractivity contribution in [2.45, 2.75) is 39.5 Å². The number of allylic oxidation sites excluding steroid dienone is 8. The summed E-state index contributed by atoms with van der Waals surface area (Å²) in [5, 5.41) is 0. The first-order valence-electron chi connectivity index (χ1n) is 22.8. The van der Waals surface area contributed by atoms with Gasteiger partial charge in [0, 0.05) is 0 Å². The monoisotopic (exact) mass is 1070 g/mol. The van der Waals surface area contributed by atoms with Gasteiger partial charge < -0.3 is 24.8 Å². The summed E-state index contributed by atoms with van der Waals surface area (Å²) < 4.78 is 2.83. The summed E-state index contributed by atoms with van der Waals surface area (Å²) in [5.74, 6) is 0. The molecule has 8 aromatic carbocycles. The molecule has 0 atom stereocenters. The molecule has 0 saturated carbocycles. The van der Waals surface area contributed by atoms with E-state index in [1.165, 1.54) is 155 Å². The Bertz CT molecular complexity index is 2860. The Morgan fingerprint density at radius 3 is 1.03 bits per heavy atom. The molecule has 0 heterocycles. The van der Waals surface area contributed by atoms with Gasteiger partial charge in [-0.1, -0.05) is 109 Å². The van der Waals surface area contributed by atoms with Gasteiger partial charge >= 0.3 is 198 Å². The first kappa shape index (κ1) is 50.7. The van der Waals surface area contributed by atoms with E-state index in [1.54, 1.807) is 0 Å². The number of fused-ring (bicyclic) bond motifs is 6. The summed E-state index contributed by atoms with van der Waals surface area (Å²) in [6.45, 7) is 4.45. The Balaban J connectivity index is 0.000000134. The normalized spacial score (nSPS) is 12.5. The number of aryl methyl sites for hydroxylation is 2. The fourth-order valence-corrected chi connectivity index (χ4v) is 10.8. The topological polar surface area (TPSA) is 0 Å². The van der Waals surface area contributed by atoms with Crippen molar-refractivity contribution in [3.8, 4) is 22.3 Å². The summed E-state index contributed by atoms with van der Waals surface area (Å²) >= 11 is 2.92. The fourth-order valence-electron chi connectivity index (χ4n) is 9.20. The molecule has 0 radical (unpaired) electrons. The van der Waals surface area contributed by atoms with Crippen molar-refractivity contribution in [1.29, 1.82) is 0 Å². The molecule has 8 aromatic rings. The summed E-state index contributed by atoms with van der Waals surface area (Å²) in [6, 6.07) is 71.5. The third kappa shape index (κ3) is 12.0. The molecule has 0 saturated heterocycles. The van der Waals surface area contributed by atoms with Gasteiger partial charge in [0.1, 0.15) is 0 Å². The molecule has 0 unspecified atom stereocenters. The van der Waals surface area contributed by atoms with E-state index in [-0.39, 0.29) is 24.8 Å². The summed E-state index contributed by atoms with van der Waals surface area (Å²) in [4.78, 5) is 0. The fraction of sp³-hybridized carbons (Fsp3) is 0.0938. The molecule has 68 heavy (non-hydrogen) atoms. The Morgan fingerprint density at radius 1 is 0.412 bits per heavy atom. The van der Waals surface area contributed by atoms with Crippen molar-refractivity contribution >= 4 is 17.6 Å². The first-order chi connectivity index (χ1) is 32.4. The molecule has 4 aliphatic rings. The second-order valence-electron chi connectivity index (χ2n) is 17.0. The zero-order chi connectivity index (χ0) is 45.2. The molecular formula is C64H50Cl2Zr2-4. The zero-order valence-corrected chi connectivity index (χ0v) is 44.8. The second kappa shape index (κ2) is 24.4. The van der Waals surface area contributed by atoms with Crippen molar-refractivity contribution in [3.63, 3.8) is 0 Å². The molecule has 332 valence electrons. The maximum absolute atomic E-state index is 3.65. The van der Waals surface area contributed by atoms with Crippen LogP contribution in [0.5, 0.6) is 0 Å². The van der Waals surface area contributed by atoms with E-state index in [0.29, 0.717) is 0 Å². The van der Waals surface area contributed by atoms with Crippen LogP contribution in [0, 0.1) is 26.0 Å². The van der Waals surface area contributed by atoms with Crippen molar-refractivity contribution in [2.24, 2.45) is 0 Å². The van der Waals surface area contributed by atoms with Crippen LogP contribution in [0.25, 0.3) is 33.4 Å². The van der Waals surface area contributed by atoms with Crippen LogP contribution in [0.2, 0.25) is 0 Å². The van der Waals surface area contributed by atoms with Gasteiger partial charge in [-0.3, -0.25) is 0 Å². The summed E-state index contributed by atoms with van der Waals surface area (Å²) in [7, 11) is 0. The van der Waals surface area contributed by atoms with Gasteiger partial charge in [-0.15, -0.1) is 80.9 Å². The van der Waals surface area contributed by atoms with Gasteiger partial charge in [0.25, 0.3) is 0 Å². The molecule has 12 rings (SSSR count). The Labute approximate surface area is 445 Å². The maximum atomic E-state index is 3.65. The molecule has 0 amide bonds. The standard InChI is InChI=1S/2C19H15.2C13H10.2ClH.2Zr/c2*1-13-10-16(14-6-2-3-7-14)12-17-11-15-8-4-5-9-18(15)19(13)17;2*1-3-7-12(8-4-1)11-13-9-5-2-6-10-13;;;;/h2*2-6,8-10H,7,11H2,1H3;2*1-10H;2*1H;;/q2*-1;;;;;;/p-2. The van der Waals surface area contributed by atoms with Gasteiger partial charge in [0.15, 0.2) is 0 Å². The van der Waals surface area contributed by atoms with Gasteiger partial charge in [-0.05, 0) is 36.8 Å². The van der Waals surface area contributed by atoms with Gasteiger partial charge in [-0.2, -0.15) is 0 Å². The average Bonchev–Trinajstić information content (AvgIpc) is 4.23. The molecule has 0 nitrogen and oxygen atoms in total. The Hall–Kier alpha value is -5.19. The minimum atomic E-state index is 0. The van der Waals surface area contributed by atoms with Crippen LogP contribution >= 0.6 is 0 Å². The van der Waals surface area contributed by atoms with Crippen LogP contribution in [0.15, 0.2) is 218 Å². The van der Waals surface area contributed by atoms with E-state index >= 15 is 0 Å². The van der Waals surface area contributed by atoms with E-state index in [2.05, 4.69) is 244 Å². The van der Waals surface area contributed by atoms with E-state index in [4.69, 9.17) is 0 Å². The molecule has 4 heteroatoms. The minimum absolute atomic E-state index is 0. The summed E-state index contributed by atoms with van der Waals surface area (Å²) in [6.07, 6.45) is 17.3. The molecule has 0 aromatic heterocycles. The number of halogens is 2. The van der Waals surface area contributed by atoms with Crippen LogP contribution in [-0.2, 0) is 61.3 Å². The third-order valence-electron chi connectivity index (χ3n) is 12.5. The number of benzene rings is 8. The van der Waals surface area contributed by atoms with Gasteiger partial charge in [0.2, 0.25) is 0 Å². The molecule has 4 aliphatic carbocycles. The van der Waals surface area contributed by atoms with Gasteiger partial charge in [0.05, 0.1) is 0 Å². The van der Waals surface area contributed by atoms with Crippen LogP contribution in [0.1, 0.15) is 79.6 Å². The number of rotatable bonds is 6. The Kier molecular flexibility index (Phi) is 18.2. The Morgan fingerprint density at radius 2 is 0.721 bits per heavy atom. The summed E-state index contributed by atoms with van der Waals surface area (Å²) in [5.41, 5.74) is 24.6.